The summed E-state index contributed by atoms with van der Waals surface area (Å²) in [6.45, 7) is 0.0511. The SMILES string of the molecule is COc1cccc(CN2C[C@@]3(F)CN(Cc4ccc(SC)cc4)C[C@@]3(F)C2=O)c1. The number of carbonyl (C=O) groups excluding carboxylic acids is 1. The largest absolute Gasteiger partial charge is 0.497 e. The van der Waals surface area contributed by atoms with Gasteiger partial charge in [0.05, 0.1) is 13.7 Å². The molecule has 0 spiro atoms. The number of carbonyl (C=O) groups is 1. The quantitative estimate of drug-likeness (QED) is 0.670. The molecule has 0 aliphatic carbocycles. The van der Waals surface area contributed by atoms with Crippen molar-refractivity contribution in [2.24, 2.45) is 0 Å². The summed E-state index contributed by atoms with van der Waals surface area (Å²) in [7, 11) is 1.56. The van der Waals surface area contributed by atoms with Crippen LogP contribution in [0.25, 0.3) is 0 Å². The number of hydrogen-bond acceptors (Lipinski definition) is 4. The van der Waals surface area contributed by atoms with Gasteiger partial charge in [0, 0.05) is 31.1 Å². The first-order valence-electron chi connectivity index (χ1n) is 9.52. The van der Waals surface area contributed by atoms with Gasteiger partial charge in [0.25, 0.3) is 5.91 Å². The summed E-state index contributed by atoms with van der Waals surface area (Å²) < 4.78 is 36.4. The average Bonchev–Trinajstić information content (AvgIpc) is 3.06. The normalized spacial score (nSPS) is 26.8. The van der Waals surface area contributed by atoms with Gasteiger partial charge in [-0.05, 0) is 41.6 Å². The summed E-state index contributed by atoms with van der Waals surface area (Å²) >= 11 is 1.64. The third-order valence-electron chi connectivity index (χ3n) is 5.77. The lowest BCUT2D eigenvalue weighted by atomic mass is 9.93. The zero-order valence-corrected chi connectivity index (χ0v) is 17.3. The van der Waals surface area contributed by atoms with E-state index in [1.54, 1.807) is 42.0 Å². The molecule has 4 rings (SSSR count). The molecule has 2 saturated heterocycles. The Labute approximate surface area is 173 Å². The molecular formula is C22H24F2N2O2S. The molecule has 0 bridgehead atoms. The van der Waals surface area contributed by atoms with Crippen LogP contribution < -0.4 is 4.74 Å². The lowest BCUT2D eigenvalue weighted by Gasteiger charge is -2.22. The van der Waals surface area contributed by atoms with Crippen molar-refractivity contribution < 1.29 is 18.3 Å². The van der Waals surface area contributed by atoms with Crippen molar-refractivity contribution >= 4 is 17.7 Å². The smallest absolute Gasteiger partial charge is 0.265 e. The molecule has 2 aromatic rings. The molecule has 2 aromatic carbocycles. The average molecular weight is 419 g/mol. The number of amides is 1. The number of nitrogens with zero attached hydrogens (tertiary/aromatic N) is 2. The van der Waals surface area contributed by atoms with E-state index in [1.165, 1.54) is 4.90 Å². The Kier molecular flexibility index (Phi) is 5.29. The Morgan fingerprint density at radius 3 is 2.45 bits per heavy atom. The molecule has 1 amide bonds. The van der Waals surface area contributed by atoms with E-state index in [9.17, 15) is 4.79 Å². The van der Waals surface area contributed by atoms with Crippen molar-refractivity contribution in [2.75, 3.05) is 33.0 Å². The molecule has 2 atom stereocenters. The van der Waals surface area contributed by atoms with Crippen LogP contribution in [0.1, 0.15) is 11.1 Å². The lowest BCUT2D eigenvalue weighted by molar-refractivity contribution is -0.139. The van der Waals surface area contributed by atoms with E-state index in [0.29, 0.717) is 12.3 Å². The first kappa shape index (κ1) is 20.2. The van der Waals surface area contributed by atoms with Crippen LogP contribution in [-0.4, -0.2) is 60.0 Å². The second kappa shape index (κ2) is 7.61. The Morgan fingerprint density at radius 1 is 1.03 bits per heavy atom. The van der Waals surface area contributed by atoms with E-state index >= 15 is 8.78 Å². The van der Waals surface area contributed by atoms with Crippen LogP contribution in [0.2, 0.25) is 0 Å². The Balaban J connectivity index is 1.46. The van der Waals surface area contributed by atoms with Gasteiger partial charge < -0.3 is 9.64 Å². The molecule has 0 radical (unpaired) electrons. The zero-order chi connectivity index (χ0) is 20.6. The van der Waals surface area contributed by atoms with Crippen molar-refractivity contribution in [1.82, 2.24) is 9.80 Å². The van der Waals surface area contributed by atoms with Gasteiger partial charge in [0.15, 0.2) is 5.67 Å². The molecule has 2 fully saturated rings. The minimum atomic E-state index is -2.49. The molecule has 4 nitrogen and oxygen atoms in total. The molecule has 7 heteroatoms. The number of likely N-dealkylation sites (tertiary alicyclic amines) is 2. The van der Waals surface area contributed by atoms with Crippen LogP contribution in [0, 0.1) is 0 Å². The number of alkyl halides is 2. The highest BCUT2D eigenvalue weighted by Gasteiger charge is 2.70. The van der Waals surface area contributed by atoms with Crippen molar-refractivity contribution in [1.29, 1.82) is 0 Å². The van der Waals surface area contributed by atoms with E-state index in [2.05, 4.69) is 0 Å². The van der Waals surface area contributed by atoms with E-state index in [1.807, 2.05) is 36.6 Å². The van der Waals surface area contributed by atoms with Crippen molar-refractivity contribution in [3.8, 4) is 5.75 Å². The number of hydrogen-bond donors (Lipinski definition) is 0. The summed E-state index contributed by atoms with van der Waals surface area (Å²) in [6, 6.07) is 15.1. The molecule has 2 heterocycles. The molecular weight excluding hydrogens is 394 g/mol. The van der Waals surface area contributed by atoms with Crippen LogP contribution in [0.4, 0.5) is 8.78 Å². The first-order valence-corrected chi connectivity index (χ1v) is 10.7. The van der Waals surface area contributed by atoms with Crippen LogP contribution in [0.3, 0.4) is 0 Å². The minimum Gasteiger partial charge on any atom is -0.497 e. The maximum atomic E-state index is 15.6. The zero-order valence-electron chi connectivity index (χ0n) is 16.5. The number of benzene rings is 2. The fraction of sp³-hybridized carbons (Fsp3) is 0.409. The lowest BCUT2D eigenvalue weighted by Crippen LogP contribution is -2.47. The topological polar surface area (TPSA) is 32.8 Å². The Bertz CT molecular complexity index is 910. The summed E-state index contributed by atoms with van der Waals surface area (Å²) in [5.41, 5.74) is -2.92. The van der Waals surface area contributed by atoms with Gasteiger partial charge in [-0.15, -0.1) is 11.8 Å². The molecule has 0 aromatic heterocycles. The standard InChI is InChI=1S/C22H24F2N2O2S/c1-28-18-5-3-4-17(10-18)12-26-14-21(23)13-25(15-22(21,24)20(26)27)11-16-6-8-19(29-2)9-7-16/h3-10H,11-15H2,1-2H3/t21-,22+/m0/s1. The van der Waals surface area contributed by atoms with Crippen molar-refractivity contribution in [3.05, 3.63) is 59.7 Å². The second-order valence-electron chi connectivity index (χ2n) is 7.77. The van der Waals surface area contributed by atoms with Crippen LogP contribution in [0.5, 0.6) is 5.75 Å². The fourth-order valence-corrected chi connectivity index (χ4v) is 4.67. The molecule has 0 unspecified atom stereocenters. The third-order valence-corrected chi connectivity index (χ3v) is 6.51. The van der Waals surface area contributed by atoms with Crippen molar-refractivity contribution in [3.63, 3.8) is 0 Å². The predicted octanol–water partition coefficient (Wildman–Crippen LogP) is 3.69. The van der Waals surface area contributed by atoms with E-state index in [0.717, 1.165) is 16.0 Å². The van der Waals surface area contributed by atoms with Crippen LogP contribution >= 0.6 is 11.8 Å². The van der Waals surface area contributed by atoms with Gasteiger partial charge in [0.2, 0.25) is 5.67 Å². The van der Waals surface area contributed by atoms with Gasteiger partial charge in [0.1, 0.15) is 5.75 Å². The Morgan fingerprint density at radius 2 is 1.79 bits per heavy atom. The monoisotopic (exact) mass is 418 g/mol. The van der Waals surface area contributed by atoms with E-state index < -0.39 is 17.2 Å². The van der Waals surface area contributed by atoms with Gasteiger partial charge in [-0.2, -0.15) is 0 Å². The number of halogens is 2. The second-order valence-corrected chi connectivity index (χ2v) is 8.65. The van der Waals surface area contributed by atoms with E-state index in [4.69, 9.17) is 4.74 Å². The van der Waals surface area contributed by atoms with Crippen LogP contribution in [-0.2, 0) is 17.9 Å². The first-order chi connectivity index (χ1) is 13.9. The highest BCUT2D eigenvalue weighted by molar-refractivity contribution is 7.98. The number of methoxy groups -OCH3 is 1. The number of rotatable bonds is 6. The summed E-state index contributed by atoms with van der Waals surface area (Å²) in [6.07, 6.45) is 2.00. The fourth-order valence-electron chi connectivity index (χ4n) is 4.26. The summed E-state index contributed by atoms with van der Waals surface area (Å²) in [4.78, 5) is 16.9. The maximum absolute atomic E-state index is 15.6. The van der Waals surface area contributed by atoms with Gasteiger partial charge >= 0.3 is 0 Å². The van der Waals surface area contributed by atoms with Crippen molar-refractivity contribution in [2.45, 2.75) is 29.3 Å². The molecule has 2 aliphatic heterocycles. The summed E-state index contributed by atoms with van der Waals surface area (Å²) in [5, 5.41) is 0. The maximum Gasteiger partial charge on any atom is 0.265 e. The molecule has 29 heavy (non-hydrogen) atoms. The van der Waals surface area contributed by atoms with Gasteiger partial charge in [-0.1, -0.05) is 24.3 Å². The van der Waals surface area contributed by atoms with Crippen LogP contribution in [0.15, 0.2) is 53.4 Å². The number of thioether (sulfide) groups is 1. The molecule has 2 aliphatic rings. The summed E-state index contributed by atoms with van der Waals surface area (Å²) in [5.74, 6) is -0.110. The van der Waals surface area contributed by atoms with E-state index in [-0.39, 0.29) is 26.2 Å². The number of ether oxygens (including phenoxy) is 1. The highest BCUT2D eigenvalue weighted by atomic mass is 32.2. The molecule has 0 N–H and O–H groups in total. The highest BCUT2D eigenvalue weighted by Crippen LogP contribution is 2.46. The molecule has 0 saturated carbocycles. The molecule has 154 valence electrons. The minimum absolute atomic E-state index is 0.0892. The third kappa shape index (κ3) is 3.62. The Hall–Kier alpha value is -2.12. The number of fused-ring (bicyclic) bond motifs is 1. The predicted molar refractivity (Wildman–Crippen MR) is 110 cm³/mol. The van der Waals surface area contributed by atoms with Gasteiger partial charge in [-0.25, -0.2) is 8.78 Å². The van der Waals surface area contributed by atoms with Gasteiger partial charge in [-0.3, -0.25) is 9.69 Å².